The molecule has 1 aromatic carbocycles. The highest BCUT2D eigenvalue weighted by Crippen LogP contribution is 2.04. The lowest BCUT2D eigenvalue weighted by atomic mass is 10.1. The summed E-state index contributed by atoms with van der Waals surface area (Å²) in [7, 11) is -3.53. The first-order chi connectivity index (χ1) is 11.4. The molecule has 1 atom stereocenters. The summed E-state index contributed by atoms with van der Waals surface area (Å²) in [5, 5.41) is 4.01. The van der Waals surface area contributed by atoms with Crippen LogP contribution in [0.4, 0.5) is 0 Å². The number of benzene rings is 1. The molecule has 24 heavy (non-hydrogen) atoms. The van der Waals surface area contributed by atoms with Gasteiger partial charge in [0.2, 0.25) is 15.9 Å². The number of carbonyl (C=O) groups excluding carboxylic acids is 1. The molecule has 0 bridgehead atoms. The molecule has 0 fully saturated rings. The van der Waals surface area contributed by atoms with Gasteiger partial charge >= 0.3 is 0 Å². The smallest absolute Gasteiger partial charge is 0.233 e. The molecule has 1 amide bonds. The number of nitrogens with one attached hydrogen (secondary N) is 2. The van der Waals surface area contributed by atoms with E-state index in [9.17, 15) is 13.2 Å². The summed E-state index contributed by atoms with van der Waals surface area (Å²) in [5.41, 5.74) is 0.807. The van der Waals surface area contributed by atoms with E-state index in [4.69, 9.17) is 0 Å². The molecule has 5 nitrogen and oxygen atoms in total. The molecule has 1 rings (SSSR count). The van der Waals surface area contributed by atoms with Crippen molar-refractivity contribution < 1.29 is 13.2 Å². The summed E-state index contributed by atoms with van der Waals surface area (Å²) >= 11 is 0. The highest BCUT2D eigenvalue weighted by atomic mass is 32.2. The van der Waals surface area contributed by atoms with Gasteiger partial charge in [0.1, 0.15) is 0 Å². The van der Waals surface area contributed by atoms with Gasteiger partial charge in [0.05, 0.1) is 0 Å². The average molecular weight is 352 g/mol. The summed E-state index contributed by atoms with van der Waals surface area (Å²) in [5.74, 6) is -0.131. The number of rotatable bonds is 11. The zero-order valence-electron chi connectivity index (χ0n) is 14.5. The third-order valence-electron chi connectivity index (χ3n) is 3.54. The van der Waals surface area contributed by atoms with Crippen LogP contribution < -0.4 is 10.0 Å². The maximum Gasteiger partial charge on any atom is 0.233 e. The van der Waals surface area contributed by atoms with Crippen LogP contribution in [0.1, 0.15) is 51.5 Å². The zero-order valence-corrected chi connectivity index (χ0v) is 15.3. The van der Waals surface area contributed by atoms with Gasteiger partial charge in [0.25, 0.3) is 0 Å². The summed E-state index contributed by atoms with van der Waals surface area (Å²) in [6.07, 6.45) is 6.02. The minimum absolute atomic E-state index is 0.0922. The van der Waals surface area contributed by atoms with E-state index < -0.39 is 10.0 Å². The molecule has 0 aliphatic heterocycles. The lowest BCUT2D eigenvalue weighted by Gasteiger charge is -2.13. The molecule has 2 N–H and O–H groups in total. The van der Waals surface area contributed by atoms with Crippen molar-refractivity contribution in [1.29, 1.82) is 0 Å². The van der Waals surface area contributed by atoms with Crippen molar-refractivity contribution in [3.63, 3.8) is 0 Å². The van der Waals surface area contributed by atoms with Gasteiger partial charge in [0.15, 0.2) is 0 Å². The fraction of sp³-hybridized carbons (Fsp3) is 0.500. The third-order valence-corrected chi connectivity index (χ3v) is 4.64. The predicted molar refractivity (Wildman–Crippen MR) is 98.8 cm³/mol. The van der Waals surface area contributed by atoms with Crippen LogP contribution in [0.2, 0.25) is 0 Å². The Balaban J connectivity index is 2.30. The van der Waals surface area contributed by atoms with Gasteiger partial charge in [-0.15, -0.1) is 0 Å². The average Bonchev–Trinajstić information content (AvgIpc) is 2.54. The van der Waals surface area contributed by atoms with Crippen LogP contribution in [0.15, 0.2) is 35.7 Å². The Morgan fingerprint density at radius 3 is 2.58 bits per heavy atom. The Bertz CT molecular complexity index is 612. The van der Waals surface area contributed by atoms with Crippen LogP contribution in [-0.2, 0) is 14.8 Å². The number of carbonyl (C=O) groups is 1. The molecule has 0 aliphatic carbocycles. The van der Waals surface area contributed by atoms with Gasteiger partial charge in [-0.25, -0.2) is 13.1 Å². The topological polar surface area (TPSA) is 75.3 Å². The molecule has 1 unspecified atom stereocenters. The van der Waals surface area contributed by atoms with Crippen molar-refractivity contribution in [2.45, 2.75) is 52.0 Å². The second-order valence-corrected chi connectivity index (χ2v) is 7.52. The van der Waals surface area contributed by atoms with Crippen molar-refractivity contribution in [3.8, 4) is 0 Å². The van der Waals surface area contributed by atoms with Crippen LogP contribution in [-0.4, -0.2) is 26.9 Å². The standard InChI is InChI=1S/C18H28N2O3S/c1-3-4-6-9-16(2)20-18(21)12-14-19-24(22,23)15-13-17-10-7-5-8-11-17/h5,7-8,10-11,13,15-16,19H,3-4,6,9,12,14H2,1-2H3,(H,20,21). The van der Waals surface area contributed by atoms with Crippen LogP contribution in [0.5, 0.6) is 0 Å². The number of hydrogen-bond acceptors (Lipinski definition) is 3. The van der Waals surface area contributed by atoms with E-state index in [1.54, 1.807) is 0 Å². The van der Waals surface area contributed by atoms with Crippen molar-refractivity contribution in [2.75, 3.05) is 6.54 Å². The largest absolute Gasteiger partial charge is 0.354 e. The molecule has 0 spiro atoms. The molecular formula is C18H28N2O3S. The van der Waals surface area contributed by atoms with E-state index in [1.807, 2.05) is 37.3 Å². The first-order valence-electron chi connectivity index (χ1n) is 8.45. The van der Waals surface area contributed by atoms with Crippen LogP contribution >= 0.6 is 0 Å². The maximum absolute atomic E-state index is 11.9. The van der Waals surface area contributed by atoms with Crippen molar-refractivity contribution >= 4 is 22.0 Å². The van der Waals surface area contributed by atoms with Gasteiger partial charge in [-0.1, -0.05) is 56.5 Å². The summed E-state index contributed by atoms with van der Waals surface area (Å²) < 4.78 is 26.1. The fourth-order valence-electron chi connectivity index (χ4n) is 2.21. The van der Waals surface area contributed by atoms with Gasteiger partial charge in [-0.3, -0.25) is 4.79 Å². The maximum atomic E-state index is 11.9. The minimum Gasteiger partial charge on any atom is -0.354 e. The Hall–Kier alpha value is -1.66. The molecule has 0 aromatic heterocycles. The van der Waals surface area contributed by atoms with E-state index in [0.717, 1.165) is 36.7 Å². The molecule has 0 aliphatic rings. The highest BCUT2D eigenvalue weighted by Gasteiger charge is 2.09. The number of amides is 1. The van der Waals surface area contributed by atoms with E-state index in [2.05, 4.69) is 17.0 Å². The molecule has 6 heteroatoms. The van der Waals surface area contributed by atoms with Crippen LogP contribution in [0, 0.1) is 0 Å². The normalized spacial score (nSPS) is 13.1. The fourth-order valence-corrected chi connectivity index (χ4v) is 3.03. The molecule has 134 valence electrons. The van der Waals surface area contributed by atoms with Crippen molar-refractivity contribution in [1.82, 2.24) is 10.0 Å². The Morgan fingerprint density at radius 1 is 1.21 bits per heavy atom. The molecule has 1 aromatic rings. The molecule has 0 radical (unpaired) electrons. The lowest BCUT2D eigenvalue weighted by molar-refractivity contribution is -0.121. The van der Waals surface area contributed by atoms with Gasteiger partial charge in [-0.05, 0) is 25.0 Å². The highest BCUT2D eigenvalue weighted by molar-refractivity contribution is 7.92. The Labute approximate surface area is 145 Å². The second-order valence-electron chi connectivity index (χ2n) is 5.87. The van der Waals surface area contributed by atoms with E-state index in [0.29, 0.717) is 0 Å². The summed E-state index contributed by atoms with van der Waals surface area (Å²) in [4.78, 5) is 11.8. The van der Waals surface area contributed by atoms with E-state index >= 15 is 0 Å². The Kier molecular flexibility index (Phi) is 9.34. The SMILES string of the molecule is CCCCCC(C)NC(=O)CCNS(=O)(=O)C=Cc1ccccc1. The number of hydrogen-bond donors (Lipinski definition) is 2. The van der Waals surface area contributed by atoms with Crippen molar-refractivity contribution in [2.24, 2.45) is 0 Å². The van der Waals surface area contributed by atoms with Crippen molar-refractivity contribution in [3.05, 3.63) is 41.3 Å². The lowest BCUT2D eigenvalue weighted by Crippen LogP contribution is -2.35. The first-order valence-corrected chi connectivity index (χ1v) is 9.99. The first kappa shape index (κ1) is 20.4. The minimum atomic E-state index is -3.53. The third kappa shape index (κ3) is 9.47. The zero-order chi connectivity index (χ0) is 17.8. The second kappa shape index (κ2) is 11.0. The van der Waals surface area contributed by atoms with Crippen LogP contribution in [0.3, 0.4) is 0 Å². The molecular weight excluding hydrogens is 324 g/mol. The van der Waals surface area contributed by atoms with Gasteiger partial charge in [-0.2, -0.15) is 0 Å². The molecule has 0 saturated heterocycles. The van der Waals surface area contributed by atoms with E-state index in [1.165, 1.54) is 6.08 Å². The predicted octanol–water partition coefficient (Wildman–Crippen LogP) is 3.05. The van der Waals surface area contributed by atoms with Gasteiger partial charge in [0, 0.05) is 24.4 Å². The Morgan fingerprint density at radius 2 is 1.92 bits per heavy atom. The summed E-state index contributed by atoms with van der Waals surface area (Å²) in [6, 6.07) is 9.31. The molecule has 0 saturated carbocycles. The summed E-state index contributed by atoms with van der Waals surface area (Å²) in [6.45, 7) is 4.21. The molecule has 0 heterocycles. The quantitative estimate of drug-likeness (QED) is 0.601. The van der Waals surface area contributed by atoms with E-state index in [-0.39, 0.29) is 24.9 Å². The van der Waals surface area contributed by atoms with Crippen LogP contribution in [0.25, 0.3) is 6.08 Å². The van der Waals surface area contributed by atoms with Gasteiger partial charge < -0.3 is 5.32 Å². The number of unbranched alkanes of at least 4 members (excludes halogenated alkanes) is 2. The monoisotopic (exact) mass is 352 g/mol. The number of sulfonamides is 1.